The van der Waals surface area contributed by atoms with Gasteiger partial charge in [-0.3, -0.25) is 0 Å². The molecule has 0 unspecified atom stereocenters. The third kappa shape index (κ3) is 5.61. The van der Waals surface area contributed by atoms with E-state index in [9.17, 15) is 8.42 Å². The van der Waals surface area contributed by atoms with Crippen molar-refractivity contribution in [2.24, 2.45) is 0 Å². The van der Waals surface area contributed by atoms with E-state index in [0.717, 1.165) is 14.5 Å². The fourth-order valence-electron chi connectivity index (χ4n) is 1.42. The van der Waals surface area contributed by atoms with Crippen LogP contribution in [0.3, 0.4) is 0 Å². The number of sulfone groups is 1. The first kappa shape index (κ1) is 17.3. The Balaban J connectivity index is 2.59. The zero-order valence-electron chi connectivity index (χ0n) is 10.5. The maximum absolute atomic E-state index is 11.3. The maximum atomic E-state index is 11.3. The van der Waals surface area contributed by atoms with Crippen LogP contribution in [0.25, 0.3) is 0 Å². The summed E-state index contributed by atoms with van der Waals surface area (Å²) >= 11 is 12.6. The SMILES string of the molecule is CCS(=O)(=O)CCCOc1c(Br)cc(CCl)cc1Br. The second kappa shape index (κ2) is 7.86. The van der Waals surface area contributed by atoms with Crippen LogP contribution in [0.15, 0.2) is 21.1 Å². The second-order valence-corrected chi connectivity index (χ2v) is 8.41. The van der Waals surface area contributed by atoms with Gasteiger partial charge in [0.1, 0.15) is 15.6 Å². The molecule has 3 nitrogen and oxygen atoms in total. The van der Waals surface area contributed by atoms with Gasteiger partial charge in [0.05, 0.1) is 21.3 Å². The Morgan fingerprint density at radius 2 is 1.84 bits per heavy atom. The smallest absolute Gasteiger partial charge is 0.150 e. The van der Waals surface area contributed by atoms with E-state index in [1.165, 1.54) is 0 Å². The lowest BCUT2D eigenvalue weighted by molar-refractivity contribution is 0.313. The molecule has 1 aromatic rings. The normalized spacial score (nSPS) is 11.6. The van der Waals surface area contributed by atoms with Crippen molar-refractivity contribution in [3.63, 3.8) is 0 Å². The highest BCUT2D eigenvalue weighted by atomic mass is 79.9. The van der Waals surface area contributed by atoms with Crippen LogP contribution >= 0.6 is 43.5 Å². The highest BCUT2D eigenvalue weighted by Gasteiger charge is 2.10. The summed E-state index contributed by atoms with van der Waals surface area (Å²) in [5, 5.41) is 0. The Labute approximate surface area is 135 Å². The predicted octanol–water partition coefficient (Wildman–Crippen LogP) is 4.15. The van der Waals surface area contributed by atoms with Gasteiger partial charge in [0.15, 0.2) is 0 Å². The van der Waals surface area contributed by atoms with E-state index < -0.39 is 9.84 Å². The van der Waals surface area contributed by atoms with E-state index >= 15 is 0 Å². The number of halogens is 3. The second-order valence-electron chi connectivity index (χ2n) is 3.96. The fourth-order valence-corrected chi connectivity index (χ4v) is 3.94. The molecule has 0 atom stereocenters. The van der Waals surface area contributed by atoms with E-state index in [2.05, 4.69) is 31.9 Å². The van der Waals surface area contributed by atoms with Gasteiger partial charge in [-0.15, -0.1) is 11.6 Å². The van der Waals surface area contributed by atoms with Crippen LogP contribution in [0.5, 0.6) is 5.75 Å². The number of hydrogen-bond acceptors (Lipinski definition) is 3. The van der Waals surface area contributed by atoms with Gasteiger partial charge in [-0.05, 0) is 56.0 Å². The topological polar surface area (TPSA) is 43.4 Å². The first-order valence-electron chi connectivity index (χ1n) is 5.76. The number of hydrogen-bond donors (Lipinski definition) is 0. The van der Waals surface area contributed by atoms with Crippen molar-refractivity contribution >= 4 is 53.3 Å². The molecule has 1 aromatic carbocycles. The summed E-state index contributed by atoms with van der Waals surface area (Å²) in [6, 6.07) is 3.77. The monoisotopic (exact) mass is 432 g/mol. The first-order chi connectivity index (χ1) is 8.89. The van der Waals surface area contributed by atoms with Crippen LogP contribution in [0.4, 0.5) is 0 Å². The Bertz CT molecular complexity index is 509. The van der Waals surface area contributed by atoms with Crippen LogP contribution in [0.1, 0.15) is 18.9 Å². The minimum atomic E-state index is -2.93. The fraction of sp³-hybridized carbons (Fsp3) is 0.500. The van der Waals surface area contributed by atoms with E-state index in [1.54, 1.807) is 6.92 Å². The van der Waals surface area contributed by atoms with Crippen molar-refractivity contribution in [1.82, 2.24) is 0 Å². The summed E-state index contributed by atoms with van der Waals surface area (Å²) in [6.45, 7) is 2.00. The molecule has 19 heavy (non-hydrogen) atoms. The van der Waals surface area contributed by atoms with Crippen molar-refractivity contribution in [2.45, 2.75) is 19.2 Å². The van der Waals surface area contributed by atoms with Crippen LogP contribution in [0.2, 0.25) is 0 Å². The molecule has 0 aliphatic heterocycles. The highest BCUT2D eigenvalue weighted by molar-refractivity contribution is 9.11. The molecule has 7 heteroatoms. The van der Waals surface area contributed by atoms with Crippen molar-refractivity contribution in [3.8, 4) is 5.75 Å². The molecule has 0 aliphatic rings. The number of ether oxygens (including phenoxy) is 1. The van der Waals surface area contributed by atoms with Gasteiger partial charge in [0.2, 0.25) is 0 Å². The summed E-state index contributed by atoms with van der Waals surface area (Å²) in [7, 11) is -2.93. The summed E-state index contributed by atoms with van der Waals surface area (Å²) in [5.41, 5.74) is 0.973. The van der Waals surface area contributed by atoms with E-state index in [4.69, 9.17) is 16.3 Å². The van der Waals surface area contributed by atoms with Crippen molar-refractivity contribution in [1.29, 1.82) is 0 Å². The largest absolute Gasteiger partial charge is 0.491 e. The average Bonchev–Trinajstić information content (AvgIpc) is 2.36. The zero-order chi connectivity index (χ0) is 14.5. The first-order valence-corrected chi connectivity index (χ1v) is 9.71. The van der Waals surface area contributed by atoms with E-state index in [-0.39, 0.29) is 11.5 Å². The molecule has 0 saturated carbocycles. The lowest BCUT2D eigenvalue weighted by Crippen LogP contribution is -2.12. The molecule has 0 saturated heterocycles. The highest BCUT2D eigenvalue weighted by Crippen LogP contribution is 2.35. The minimum absolute atomic E-state index is 0.151. The molecule has 0 N–H and O–H groups in total. The van der Waals surface area contributed by atoms with Crippen molar-refractivity contribution in [3.05, 3.63) is 26.6 Å². The molecular formula is C12H15Br2ClO3S. The van der Waals surface area contributed by atoms with Gasteiger partial charge in [0, 0.05) is 11.6 Å². The Hall–Kier alpha value is 0.220. The quantitative estimate of drug-likeness (QED) is 0.478. The molecular weight excluding hydrogens is 419 g/mol. The van der Waals surface area contributed by atoms with Crippen LogP contribution < -0.4 is 4.74 Å². The van der Waals surface area contributed by atoms with Gasteiger partial charge in [0.25, 0.3) is 0 Å². The van der Waals surface area contributed by atoms with Crippen molar-refractivity contribution in [2.75, 3.05) is 18.1 Å². The molecule has 0 aliphatic carbocycles. The summed E-state index contributed by atoms with van der Waals surface area (Å²) in [5.74, 6) is 1.41. The third-order valence-electron chi connectivity index (χ3n) is 2.50. The van der Waals surface area contributed by atoms with Gasteiger partial charge < -0.3 is 4.74 Å². The van der Waals surface area contributed by atoms with Crippen LogP contribution in [0, 0.1) is 0 Å². The predicted molar refractivity (Wildman–Crippen MR) is 85.8 cm³/mol. The third-order valence-corrected chi connectivity index (χ3v) is 5.78. The van der Waals surface area contributed by atoms with E-state index in [0.29, 0.717) is 24.7 Å². The van der Waals surface area contributed by atoms with Gasteiger partial charge in [-0.2, -0.15) is 0 Å². The summed E-state index contributed by atoms with van der Waals surface area (Å²) < 4.78 is 29.9. The average molecular weight is 435 g/mol. The minimum Gasteiger partial charge on any atom is -0.491 e. The maximum Gasteiger partial charge on any atom is 0.150 e. The lowest BCUT2D eigenvalue weighted by atomic mass is 10.2. The summed E-state index contributed by atoms with van der Waals surface area (Å²) in [6.07, 6.45) is 0.478. The number of rotatable bonds is 7. The Morgan fingerprint density at radius 3 is 2.32 bits per heavy atom. The molecule has 0 bridgehead atoms. The van der Waals surface area contributed by atoms with E-state index in [1.807, 2.05) is 12.1 Å². The molecule has 1 rings (SSSR count). The molecule has 0 fully saturated rings. The standard InChI is InChI=1S/C12H15Br2ClO3S/c1-2-19(16,17)5-3-4-18-12-10(13)6-9(8-15)7-11(12)14/h6-7H,2-5,8H2,1H3. The summed E-state index contributed by atoms with van der Waals surface area (Å²) in [4.78, 5) is 0. The number of benzene rings is 1. The van der Waals surface area contributed by atoms with Gasteiger partial charge in [-0.25, -0.2) is 8.42 Å². The van der Waals surface area contributed by atoms with Gasteiger partial charge >= 0.3 is 0 Å². The van der Waals surface area contributed by atoms with Crippen LogP contribution in [-0.4, -0.2) is 26.5 Å². The molecule has 0 heterocycles. The molecule has 0 amide bonds. The lowest BCUT2D eigenvalue weighted by Gasteiger charge is -2.11. The molecule has 0 spiro atoms. The molecule has 108 valence electrons. The Kier molecular flexibility index (Phi) is 7.14. The molecule has 0 aromatic heterocycles. The van der Waals surface area contributed by atoms with Gasteiger partial charge in [-0.1, -0.05) is 6.92 Å². The zero-order valence-corrected chi connectivity index (χ0v) is 15.2. The van der Waals surface area contributed by atoms with Crippen LogP contribution in [-0.2, 0) is 15.7 Å². The Morgan fingerprint density at radius 1 is 1.26 bits per heavy atom. The molecule has 0 radical (unpaired) electrons. The number of alkyl halides is 1. The van der Waals surface area contributed by atoms with Crippen molar-refractivity contribution < 1.29 is 13.2 Å².